The Labute approximate surface area is 113 Å². The number of anilines is 2. The first kappa shape index (κ1) is 13.1. The van der Waals surface area contributed by atoms with Gasteiger partial charge >= 0.3 is 0 Å². The van der Waals surface area contributed by atoms with E-state index in [9.17, 15) is 0 Å². The molecule has 2 rings (SSSR count). The molecule has 1 heterocycles. The number of nitrogens with zero attached hydrogens (tertiary/aromatic N) is 3. The highest BCUT2D eigenvalue weighted by atomic mass is 35.5. The van der Waals surface area contributed by atoms with Gasteiger partial charge in [-0.1, -0.05) is 23.8 Å². The molecule has 1 aliphatic rings. The van der Waals surface area contributed by atoms with Crippen LogP contribution in [0.25, 0.3) is 0 Å². The molecule has 1 aromatic rings. The summed E-state index contributed by atoms with van der Waals surface area (Å²) in [5.74, 6) is 1.56. The number of allylic oxidation sites excluding steroid dienone is 2. The molecule has 0 saturated carbocycles. The molecule has 4 nitrogen and oxygen atoms in total. The van der Waals surface area contributed by atoms with E-state index in [1.807, 2.05) is 7.05 Å². The normalized spacial score (nSPS) is 18.7. The van der Waals surface area contributed by atoms with E-state index in [1.165, 1.54) is 19.2 Å². The van der Waals surface area contributed by atoms with Crippen LogP contribution in [0.15, 0.2) is 18.5 Å². The monoisotopic (exact) mass is 266 g/mol. The Hall–Kier alpha value is -1.29. The summed E-state index contributed by atoms with van der Waals surface area (Å²) < 4.78 is 0. The maximum absolute atomic E-state index is 6.06. The minimum absolute atomic E-state index is 0.470. The fraction of sp³-hybridized carbons (Fsp3) is 0.538. The van der Waals surface area contributed by atoms with Crippen molar-refractivity contribution in [1.82, 2.24) is 9.97 Å². The topological polar surface area (TPSA) is 41.1 Å². The minimum Gasteiger partial charge on any atom is -0.383 e. The Morgan fingerprint density at radius 2 is 2.28 bits per heavy atom. The summed E-state index contributed by atoms with van der Waals surface area (Å²) in [6, 6.07) is 0. The van der Waals surface area contributed by atoms with Gasteiger partial charge in [-0.3, -0.25) is 0 Å². The van der Waals surface area contributed by atoms with Crippen LogP contribution in [-0.4, -0.2) is 30.6 Å². The summed E-state index contributed by atoms with van der Waals surface area (Å²) in [5.41, 5.74) is 0.799. The van der Waals surface area contributed by atoms with Gasteiger partial charge < -0.3 is 10.2 Å². The highest BCUT2D eigenvalue weighted by molar-refractivity contribution is 6.32. The number of rotatable bonds is 4. The van der Waals surface area contributed by atoms with Gasteiger partial charge in [0, 0.05) is 20.6 Å². The standard InChI is InChI=1S/C13H19ClN4/c1-15-11-12(14)16-9-17-13(11)18(2)8-10-6-4-3-5-7-10/h3-4,9-10,15H,5-8H2,1-2H3. The third-order valence-corrected chi connectivity index (χ3v) is 3.59. The van der Waals surface area contributed by atoms with E-state index >= 15 is 0 Å². The maximum Gasteiger partial charge on any atom is 0.157 e. The number of aromatic nitrogens is 2. The minimum atomic E-state index is 0.470. The van der Waals surface area contributed by atoms with Crippen molar-refractivity contribution in [2.45, 2.75) is 19.3 Å². The zero-order valence-electron chi connectivity index (χ0n) is 10.9. The Bertz CT molecular complexity index is 433. The summed E-state index contributed by atoms with van der Waals surface area (Å²) in [6.07, 6.45) is 9.62. The first-order valence-corrected chi connectivity index (χ1v) is 6.64. The van der Waals surface area contributed by atoms with E-state index in [-0.39, 0.29) is 0 Å². The van der Waals surface area contributed by atoms with Crippen LogP contribution in [0.5, 0.6) is 0 Å². The number of nitrogens with one attached hydrogen (secondary N) is 1. The maximum atomic E-state index is 6.06. The number of halogens is 1. The highest BCUT2D eigenvalue weighted by Crippen LogP contribution is 2.29. The Morgan fingerprint density at radius 3 is 2.94 bits per heavy atom. The number of hydrogen-bond acceptors (Lipinski definition) is 4. The molecule has 0 bridgehead atoms. The zero-order valence-corrected chi connectivity index (χ0v) is 11.6. The van der Waals surface area contributed by atoms with Crippen LogP contribution < -0.4 is 10.2 Å². The van der Waals surface area contributed by atoms with E-state index in [2.05, 4.69) is 39.4 Å². The zero-order chi connectivity index (χ0) is 13.0. The molecule has 1 N–H and O–H groups in total. The third kappa shape index (κ3) is 2.93. The Kier molecular flexibility index (Phi) is 4.42. The Balaban J connectivity index is 2.10. The third-order valence-electron chi connectivity index (χ3n) is 3.30. The molecule has 1 atom stereocenters. The lowest BCUT2D eigenvalue weighted by molar-refractivity contribution is 0.480. The van der Waals surface area contributed by atoms with Crippen molar-refractivity contribution in [3.63, 3.8) is 0 Å². The molecule has 0 fully saturated rings. The molecule has 0 amide bonds. The summed E-state index contributed by atoms with van der Waals surface area (Å²) in [7, 11) is 3.89. The smallest absolute Gasteiger partial charge is 0.157 e. The average Bonchev–Trinajstić information content (AvgIpc) is 2.39. The summed E-state index contributed by atoms with van der Waals surface area (Å²) in [6.45, 7) is 0.992. The van der Waals surface area contributed by atoms with Gasteiger partial charge in [0.2, 0.25) is 0 Å². The van der Waals surface area contributed by atoms with Crippen LogP contribution in [-0.2, 0) is 0 Å². The van der Waals surface area contributed by atoms with Gasteiger partial charge in [0.05, 0.1) is 0 Å². The second-order valence-corrected chi connectivity index (χ2v) is 5.00. The number of hydrogen-bond donors (Lipinski definition) is 1. The molecular formula is C13H19ClN4. The molecule has 1 aromatic heterocycles. The van der Waals surface area contributed by atoms with Crippen LogP contribution in [0.4, 0.5) is 11.5 Å². The fourth-order valence-electron chi connectivity index (χ4n) is 2.36. The van der Waals surface area contributed by atoms with Crippen molar-refractivity contribution in [2.75, 3.05) is 30.9 Å². The Morgan fingerprint density at radius 1 is 1.44 bits per heavy atom. The highest BCUT2D eigenvalue weighted by Gasteiger charge is 2.17. The SMILES string of the molecule is CNc1c(Cl)ncnc1N(C)CC1CC=CCC1. The molecular weight excluding hydrogens is 248 g/mol. The fourth-order valence-corrected chi connectivity index (χ4v) is 2.58. The van der Waals surface area contributed by atoms with Gasteiger partial charge in [0.1, 0.15) is 12.0 Å². The first-order chi connectivity index (χ1) is 8.72. The van der Waals surface area contributed by atoms with Gasteiger partial charge in [0.15, 0.2) is 11.0 Å². The van der Waals surface area contributed by atoms with Crippen molar-refractivity contribution in [2.24, 2.45) is 5.92 Å². The van der Waals surface area contributed by atoms with Crippen LogP contribution in [0.1, 0.15) is 19.3 Å². The average molecular weight is 267 g/mol. The summed E-state index contributed by atoms with van der Waals surface area (Å²) >= 11 is 6.06. The van der Waals surface area contributed by atoms with Crippen molar-refractivity contribution >= 4 is 23.1 Å². The second-order valence-electron chi connectivity index (χ2n) is 4.64. The van der Waals surface area contributed by atoms with Gasteiger partial charge in [0.25, 0.3) is 0 Å². The molecule has 98 valence electrons. The van der Waals surface area contributed by atoms with Gasteiger partial charge in [-0.05, 0) is 25.2 Å². The first-order valence-electron chi connectivity index (χ1n) is 6.26. The molecule has 0 aliphatic heterocycles. The van der Waals surface area contributed by atoms with Crippen molar-refractivity contribution in [3.8, 4) is 0 Å². The van der Waals surface area contributed by atoms with Crippen molar-refractivity contribution in [3.05, 3.63) is 23.6 Å². The van der Waals surface area contributed by atoms with Crippen LogP contribution in [0, 0.1) is 5.92 Å². The van der Waals surface area contributed by atoms with Gasteiger partial charge in [-0.25, -0.2) is 9.97 Å². The lowest BCUT2D eigenvalue weighted by atomic mass is 9.94. The van der Waals surface area contributed by atoms with Crippen LogP contribution >= 0.6 is 11.6 Å². The predicted octanol–water partition coefficient (Wildman–Crippen LogP) is 2.96. The molecule has 0 aromatic carbocycles. The van der Waals surface area contributed by atoms with Crippen molar-refractivity contribution < 1.29 is 0 Å². The lowest BCUT2D eigenvalue weighted by Crippen LogP contribution is -2.27. The lowest BCUT2D eigenvalue weighted by Gasteiger charge is -2.27. The predicted molar refractivity (Wildman–Crippen MR) is 76.3 cm³/mol. The molecule has 0 saturated heterocycles. The largest absolute Gasteiger partial charge is 0.383 e. The molecule has 1 aliphatic carbocycles. The van der Waals surface area contributed by atoms with E-state index in [4.69, 9.17) is 11.6 Å². The van der Waals surface area contributed by atoms with Crippen molar-refractivity contribution in [1.29, 1.82) is 0 Å². The molecule has 18 heavy (non-hydrogen) atoms. The molecule has 0 spiro atoms. The second kappa shape index (κ2) is 6.05. The van der Waals surface area contributed by atoms with E-state index in [0.717, 1.165) is 24.5 Å². The molecule has 5 heteroatoms. The van der Waals surface area contributed by atoms with Crippen LogP contribution in [0.2, 0.25) is 5.15 Å². The summed E-state index contributed by atoms with van der Waals surface area (Å²) in [5, 5.41) is 3.54. The molecule has 0 radical (unpaired) electrons. The van der Waals surface area contributed by atoms with Crippen LogP contribution in [0.3, 0.4) is 0 Å². The van der Waals surface area contributed by atoms with Gasteiger partial charge in [-0.15, -0.1) is 0 Å². The van der Waals surface area contributed by atoms with E-state index < -0.39 is 0 Å². The van der Waals surface area contributed by atoms with Gasteiger partial charge in [-0.2, -0.15) is 0 Å². The van der Waals surface area contributed by atoms with E-state index in [0.29, 0.717) is 11.1 Å². The molecule has 1 unspecified atom stereocenters. The van der Waals surface area contributed by atoms with E-state index in [1.54, 1.807) is 0 Å². The summed E-state index contributed by atoms with van der Waals surface area (Å²) in [4.78, 5) is 10.5. The quantitative estimate of drug-likeness (QED) is 0.672.